The zero-order chi connectivity index (χ0) is 15.7. The van der Waals surface area contributed by atoms with Crippen molar-refractivity contribution in [3.05, 3.63) is 40.6 Å². The van der Waals surface area contributed by atoms with Crippen LogP contribution in [0.3, 0.4) is 0 Å². The number of nitrogens with zero attached hydrogens (tertiary/aromatic N) is 2. The van der Waals surface area contributed by atoms with Crippen LogP contribution in [0.15, 0.2) is 16.5 Å². The van der Waals surface area contributed by atoms with Crippen molar-refractivity contribution in [3.63, 3.8) is 0 Å². The van der Waals surface area contributed by atoms with Gasteiger partial charge in [0, 0.05) is 37.4 Å². The predicted molar refractivity (Wildman–Crippen MR) is 84.6 cm³/mol. The van der Waals surface area contributed by atoms with Crippen LogP contribution >= 0.6 is 0 Å². The van der Waals surface area contributed by atoms with Gasteiger partial charge in [0.05, 0.1) is 18.3 Å². The zero-order valence-electron chi connectivity index (χ0n) is 13.8. The Morgan fingerprint density at radius 2 is 2.14 bits per heavy atom. The fourth-order valence-corrected chi connectivity index (χ4v) is 3.32. The molecular formula is C17H25N3O2. The van der Waals surface area contributed by atoms with Gasteiger partial charge in [0.1, 0.15) is 11.5 Å². The van der Waals surface area contributed by atoms with Crippen LogP contribution in [0.25, 0.3) is 0 Å². The molecule has 5 heteroatoms. The normalized spacial score (nSPS) is 21.6. The van der Waals surface area contributed by atoms with E-state index in [1.54, 1.807) is 0 Å². The summed E-state index contributed by atoms with van der Waals surface area (Å²) in [5.41, 5.74) is 3.55. The molecule has 0 amide bonds. The van der Waals surface area contributed by atoms with E-state index in [1.165, 1.54) is 11.3 Å². The Kier molecular flexibility index (Phi) is 4.36. The van der Waals surface area contributed by atoms with E-state index in [-0.39, 0.29) is 6.10 Å². The summed E-state index contributed by atoms with van der Waals surface area (Å²) in [6, 6.07) is 4.03. The molecule has 2 aromatic rings. The molecule has 2 aromatic heterocycles. The van der Waals surface area contributed by atoms with Gasteiger partial charge in [-0.2, -0.15) is 5.10 Å². The summed E-state index contributed by atoms with van der Waals surface area (Å²) >= 11 is 0. The third-order valence-electron chi connectivity index (χ3n) is 4.57. The van der Waals surface area contributed by atoms with E-state index in [9.17, 15) is 0 Å². The topological polar surface area (TPSA) is 52.2 Å². The first-order valence-electron chi connectivity index (χ1n) is 7.94. The van der Waals surface area contributed by atoms with E-state index < -0.39 is 0 Å². The Morgan fingerprint density at radius 1 is 1.32 bits per heavy atom. The van der Waals surface area contributed by atoms with Gasteiger partial charge in [-0.1, -0.05) is 0 Å². The molecule has 1 aliphatic rings. The van der Waals surface area contributed by atoms with Crippen LogP contribution in [-0.2, 0) is 18.3 Å². The van der Waals surface area contributed by atoms with Gasteiger partial charge in [-0.05, 0) is 39.3 Å². The second-order valence-corrected chi connectivity index (χ2v) is 6.19. The van der Waals surface area contributed by atoms with Crippen molar-refractivity contribution in [3.8, 4) is 0 Å². The highest BCUT2D eigenvalue weighted by Gasteiger charge is 2.33. The highest BCUT2D eigenvalue weighted by molar-refractivity contribution is 5.28. The summed E-state index contributed by atoms with van der Waals surface area (Å²) in [5, 5.41) is 8.02. The fraction of sp³-hybridized carbons (Fsp3) is 0.588. The molecule has 0 bridgehead atoms. The molecule has 0 aromatic carbocycles. The summed E-state index contributed by atoms with van der Waals surface area (Å²) in [6.45, 7) is 8.68. The number of hydrogen-bond acceptors (Lipinski definition) is 4. The molecule has 1 N–H and O–H groups in total. The maximum Gasteiger partial charge on any atom is 0.117 e. The number of ether oxygens (including phenoxy) is 1. The molecular weight excluding hydrogens is 278 g/mol. The standard InChI is InChI=1S/C17H25N3O2/c1-11-5-6-15(22-11)10-18-9-14-7-8-21-17(14)16-12(2)19-20(4)13(16)3/h5-6,14,17-18H,7-10H2,1-4H3/t14-,17-/m1/s1. The highest BCUT2D eigenvalue weighted by atomic mass is 16.5. The number of furan rings is 1. The predicted octanol–water partition coefficient (Wildman–Crippen LogP) is 2.81. The lowest BCUT2D eigenvalue weighted by atomic mass is 9.94. The molecule has 2 atom stereocenters. The van der Waals surface area contributed by atoms with Gasteiger partial charge in [-0.3, -0.25) is 4.68 Å². The van der Waals surface area contributed by atoms with Crippen LogP contribution in [0.4, 0.5) is 0 Å². The summed E-state index contributed by atoms with van der Waals surface area (Å²) in [6.07, 6.45) is 1.24. The van der Waals surface area contributed by atoms with Gasteiger partial charge in [0.25, 0.3) is 0 Å². The molecule has 3 heterocycles. The Balaban J connectivity index is 1.63. The minimum Gasteiger partial charge on any atom is -0.465 e. The molecule has 22 heavy (non-hydrogen) atoms. The van der Waals surface area contributed by atoms with E-state index in [4.69, 9.17) is 9.15 Å². The minimum atomic E-state index is 0.152. The molecule has 120 valence electrons. The Labute approximate surface area is 131 Å². The van der Waals surface area contributed by atoms with Crippen molar-refractivity contribution in [1.82, 2.24) is 15.1 Å². The molecule has 3 rings (SSSR count). The maximum atomic E-state index is 6.02. The van der Waals surface area contributed by atoms with Crippen LogP contribution in [0.2, 0.25) is 0 Å². The van der Waals surface area contributed by atoms with Crippen LogP contribution in [-0.4, -0.2) is 22.9 Å². The van der Waals surface area contributed by atoms with Crippen LogP contribution < -0.4 is 5.32 Å². The van der Waals surface area contributed by atoms with Gasteiger partial charge in [-0.25, -0.2) is 0 Å². The lowest BCUT2D eigenvalue weighted by molar-refractivity contribution is 0.0892. The van der Waals surface area contributed by atoms with Gasteiger partial charge in [0.2, 0.25) is 0 Å². The monoisotopic (exact) mass is 303 g/mol. The molecule has 1 fully saturated rings. The van der Waals surface area contributed by atoms with Gasteiger partial charge in [-0.15, -0.1) is 0 Å². The first-order chi connectivity index (χ1) is 10.6. The van der Waals surface area contributed by atoms with E-state index in [1.807, 2.05) is 30.8 Å². The van der Waals surface area contributed by atoms with Crippen molar-refractivity contribution in [2.45, 2.75) is 39.8 Å². The number of aromatic nitrogens is 2. The first-order valence-corrected chi connectivity index (χ1v) is 7.94. The van der Waals surface area contributed by atoms with Crippen molar-refractivity contribution in [2.75, 3.05) is 13.2 Å². The molecule has 1 aliphatic heterocycles. The van der Waals surface area contributed by atoms with Crippen molar-refractivity contribution in [1.29, 1.82) is 0 Å². The second-order valence-electron chi connectivity index (χ2n) is 6.19. The lowest BCUT2D eigenvalue weighted by Crippen LogP contribution is -2.25. The molecule has 1 saturated heterocycles. The summed E-state index contributed by atoms with van der Waals surface area (Å²) < 4.78 is 13.6. The number of hydrogen-bond donors (Lipinski definition) is 1. The quantitative estimate of drug-likeness (QED) is 0.923. The second kappa shape index (κ2) is 6.26. The summed E-state index contributed by atoms with van der Waals surface area (Å²) in [7, 11) is 1.99. The Hall–Kier alpha value is -1.59. The lowest BCUT2D eigenvalue weighted by Gasteiger charge is -2.19. The fourth-order valence-electron chi connectivity index (χ4n) is 3.32. The van der Waals surface area contributed by atoms with Crippen molar-refractivity contribution in [2.24, 2.45) is 13.0 Å². The SMILES string of the molecule is Cc1ccc(CNC[C@H]2CCO[C@H]2c2c(C)nn(C)c2C)o1. The Morgan fingerprint density at radius 3 is 2.77 bits per heavy atom. The third kappa shape index (κ3) is 2.96. The summed E-state index contributed by atoms with van der Waals surface area (Å²) in [4.78, 5) is 0. The third-order valence-corrected chi connectivity index (χ3v) is 4.57. The summed E-state index contributed by atoms with van der Waals surface area (Å²) in [5.74, 6) is 2.43. The van der Waals surface area contributed by atoms with Crippen molar-refractivity contribution >= 4 is 0 Å². The molecule has 0 radical (unpaired) electrons. The molecule has 0 spiro atoms. The van der Waals surface area contributed by atoms with Gasteiger partial charge < -0.3 is 14.5 Å². The smallest absolute Gasteiger partial charge is 0.117 e. The average molecular weight is 303 g/mol. The molecule has 0 saturated carbocycles. The van der Waals surface area contributed by atoms with E-state index in [0.717, 1.165) is 43.3 Å². The van der Waals surface area contributed by atoms with E-state index in [0.29, 0.717) is 5.92 Å². The van der Waals surface area contributed by atoms with Gasteiger partial charge in [0.15, 0.2) is 0 Å². The molecule has 0 unspecified atom stereocenters. The average Bonchev–Trinajstić information content (AvgIpc) is 3.14. The maximum absolute atomic E-state index is 6.02. The van der Waals surface area contributed by atoms with Crippen molar-refractivity contribution < 1.29 is 9.15 Å². The van der Waals surface area contributed by atoms with Crippen LogP contribution in [0.1, 0.15) is 41.0 Å². The van der Waals surface area contributed by atoms with Crippen LogP contribution in [0, 0.1) is 26.7 Å². The number of nitrogens with one attached hydrogen (secondary N) is 1. The molecule has 0 aliphatic carbocycles. The molecule has 5 nitrogen and oxygen atoms in total. The largest absolute Gasteiger partial charge is 0.465 e. The van der Waals surface area contributed by atoms with E-state index >= 15 is 0 Å². The number of rotatable bonds is 5. The van der Waals surface area contributed by atoms with Crippen LogP contribution in [0.5, 0.6) is 0 Å². The van der Waals surface area contributed by atoms with Gasteiger partial charge >= 0.3 is 0 Å². The zero-order valence-corrected chi connectivity index (χ0v) is 13.8. The highest BCUT2D eigenvalue weighted by Crippen LogP contribution is 2.37. The first kappa shape index (κ1) is 15.3. The van der Waals surface area contributed by atoms with E-state index in [2.05, 4.69) is 24.3 Å². The minimum absolute atomic E-state index is 0.152. The number of aryl methyl sites for hydroxylation is 3. The Bertz CT molecular complexity index is 644.